The Labute approximate surface area is 130 Å². The van der Waals surface area contributed by atoms with E-state index in [9.17, 15) is 5.11 Å². The van der Waals surface area contributed by atoms with Gasteiger partial charge in [0.1, 0.15) is 5.75 Å². The van der Waals surface area contributed by atoms with Gasteiger partial charge in [0, 0.05) is 23.3 Å². The van der Waals surface area contributed by atoms with Crippen LogP contribution in [0.2, 0.25) is 0 Å². The maximum Gasteiger partial charge on any atom is 0.143 e. The normalized spacial score (nSPS) is 10.9. The second kappa shape index (κ2) is 6.98. The molecule has 20 heavy (non-hydrogen) atoms. The van der Waals surface area contributed by atoms with Gasteiger partial charge in [-0.05, 0) is 29.2 Å². The number of nitrogens with zero attached hydrogens (tertiary/aromatic N) is 1. The summed E-state index contributed by atoms with van der Waals surface area (Å²) in [5.74, 6) is 0.344. The first-order valence-electron chi connectivity index (χ1n) is 6.99. The molecule has 2 nitrogen and oxygen atoms in total. The molecule has 1 heterocycles. The molecule has 1 N–H and O–H groups in total. The zero-order valence-electron chi connectivity index (χ0n) is 12.9. The number of halogens is 1. The van der Waals surface area contributed by atoms with Crippen LogP contribution < -0.4 is 0 Å². The lowest BCUT2D eigenvalue weighted by Crippen LogP contribution is -2.12. The van der Waals surface area contributed by atoms with Crippen molar-refractivity contribution in [3.8, 4) is 11.4 Å². The van der Waals surface area contributed by atoms with Crippen molar-refractivity contribution in [3.05, 3.63) is 47.8 Å². The highest BCUT2D eigenvalue weighted by molar-refractivity contribution is 9.08. The summed E-state index contributed by atoms with van der Waals surface area (Å²) in [5, 5.41) is 10.9. The van der Waals surface area contributed by atoms with Gasteiger partial charge in [-0.2, -0.15) is 0 Å². The molecule has 0 saturated carbocycles. The molecule has 0 spiro atoms. The van der Waals surface area contributed by atoms with Gasteiger partial charge in [-0.1, -0.05) is 56.6 Å². The van der Waals surface area contributed by atoms with Crippen molar-refractivity contribution in [3.63, 3.8) is 0 Å². The molecule has 0 radical (unpaired) electrons. The molecule has 0 atom stereocenters. The van der Waals surface area contributed by atoms with E-state index in [4.69, 9.17) is 0 Å². The Balaban J connectivity index is 0.000000956. The van der Waals surface area contributed by atoms with E-state index < -0.39 is 0 Å². The molecule has 0 aliphatic rings. The van der Waals surface area contributed by atoms with Crippen LogP contribution in [0.5, 0.6) is 5.75 Å². The zero-order valence-corrected chi connectivity index (χ0v) is 14.5. The van der Waals surface area contributed by atoms with E-state index in [1.807, 2.05) is 42.9 Å². The van der Waals surface area contributed by atoms with Gasteiger partial charge in [0.05, 0.1) is 5.69 Å². The summed E-state index contributed by atoms with van der Waals surface area (Å²) in [6, 6.07) is 8.03. The molecule has 0 unspecified atom stereocenters. The third-order valence-electron chi connectivity index (χ3n) is 3.06. The summed E-state index contributed by atoms with van der Waals surface area (Å²) in [4.78, 5) is 0. The van der Waals surface area contributed by atoms with Crippen LogP contribution in [-0.2, 0) is 10.7 Å². The summed E-state index contributed by atoms with van der Waals surface area (Å²) < 4.78 is 1.94. The van der Waals surface area contributed by atoms with Crippen LogP contribution >= 0.6 is 15.9 Å². The van der Waals surface area contributed by atoms with Crippen LogP contribution in [0.1, 0.15) is 45.7 Å². The molecule has 1 aromatic carbocycles. The lowest BCUT2D eigenvalue weighted by atomic mass is 9.85. The van der Waals surface area contributed by atoms with Crippen molar-refractivity contribution in [2.24, 2.45) is 0 Å². The van der Waals surface area contributed by atoms with Gasteiger partial charge in [0.25, 0.3) is 0 Å². The van der Waals surface area contributed by atoms with Crippen molar-refractivity contribution in [1.82, 2.24) is 4.57 Å². The topological polar surface area (TPSA) is 25.2 Å². The zero-order chi connectivity index (χ0) is 15.3. The Morgan fingerprint density at radius 3 is 2.10 bits per heavy atom. The summed E-state index contributed by atoms with van der Waals surface area (Å²) in [5.41, 5.74) is 3.04. The van der Waals surface area contributed by atoms with Gasteiger partial charge < -0.3 is 9.67 Å². The fraction of sp³-hybridized carbons (Fsp3) is 0.412. The van der Waals surface area contributed by atoms with Crippen LogP contribution in [0.3, 0.4) is 0 Å². The summed E-state index contributed by atoms with van der Waals surface area (Å²) >= 11 is 3.44. The average molecular weight is 338 g/mol. The van der Waals surface area contributed by atoms with Gasteiger partial charge >= 0.3 is 0 Å². The number of rotatable bonds is 2. The Kier molecular flexibility index (Phi) is 5.88. The van der Waals surface area contributed by atoms with Crippen molar-refractivity contribution in [2.75, 3.05) is 0 Å². The molecule has 0 bridgehead atoms. The SMILES string of the molecule is CC.CC(C)(C)c1cc(CBr)c(O)c(-n2cccc2)c1. The third kappa shape index (κ3) is 3.66. The summed E-state index contributed by atoms with van der Waals surface area (Å²) in [6.45, 7) is 10.5. The summed E-state index contributed by atoms with van der Waals surface area (Å²) in [7, 11) is 0. The van der Waals surface area contributed by atoms with Gasteiger partial charge in [-0.3, -0.25) is 0 Å². The van der Waals surface area contributed by atoms with Crippen molar-refractivity contribution in [1.29, 1.82) is 0 Å². The van der Waals surface area contributed by atoms with Gasteiger partial charge in [0.15, 0.2) is 0 Å². The quantitative estimate of drug-likeness (QED) is 0.729. The fourth-order valence-electron chi connectivity index (χ4n) is 1.90. The molecule has 2 rings (SSSR count). The molecule has 3 heteroatoms. The largest absolute Gasteiger partial charge is 0.505 e. The highest BCUT2D eigenvalue weighted by atomic mass is 79.9. The maximum absolute atomic E-state index is 10.3. The van der Waals surface area contributed by atoms with E-state index in [2.05, 4.69) is 48.8 Å². The molecule has 0 fully saturated rings. The Morgan fingerprint density at radius 1 is 1.10 bits per heavy atom. The van der Waals surface area contributed by atoms with E-state index in [1.54, 1.807) is 0 Å². The number of phenols is 1. The van der Waals surface area contributed by atoms with Crippen LogP contribution in [0, 0.1) is 0 Å². The minimum absolute atomic E-state index is 0.0620. The Bertz CT molecular complexity index is 539. The molecule has 0 aliphatic carbocycles. The second-order valence-electron chi connectivity index (χ2n) is 5.48. The number of aromatic hydroxyl groups is 1. The van der Waals surface area contributed by atoms with Crippen LogP contribution in [-0.4, -0.2) is 9.67 Å². The predicted molar refractivity (Wildman–Crippen MR) is 90.1 cm³/mol. The smallest absolute Gasteiger partial charge is 0.143 e. The molecule has 2 aromatic rings. The van der Waals surface area contributed by atoms with E-state index in [1.165, 1.54) is 5.56 Å². The van der Waals surface area contributed by atoms with Crippen LogP contribution in [0.15, 0.2) is 36.7 Å². The number of phenolic OH excluding ortho intramolecular Hbond substituents is 1. The van der Waals surface area contributed by atoms with Gasteiger partial charge in [-0.25, -0.2) is 0 Å². The van der Waals surface area contributed by atoms with Crippen LogP contribution in [0.25, 0.3) is 5.69 Å². The molecule has 0 saturated heterocycles. The van der Waals surface area contributed by atoms with Gasteiger partial charge in [-0.15, -0.1) is 0 Å². The second-order valence-corrected chi connectivity index (χ2v) is 6.04. The third-order valence-corrected chi connectivity index (χ3v) is 3.67. The molecule has 110 valence electrons. The first-order chi connectivity index (χ1) is 9.43. The first kappa shape index (κ1) is 16.8. The van der Waals surface area contributed by atoms with E-state index >= 15 is 0 Å². The first-order valence-corrected chi connectivity index (χ1v) is 8.11. The average Bonchev–Trinajstić information content (AvgIpc) is 2.94. The number of hydrogen-bond acceptors (Lipinski definition) is 1. The minimum atomic E-state index is 0.0620. The molecular weight excluding hydrogens is 314 g/mol. The fourth-order valence-corrected chi connectivity index (χ4v) is 2.33. The Morgan fingerprint density at radius 2 is 1.65 bits per heavy atom. The van der Waals surface area contributed by atoms with Gasteiger partial charge in [0.2, 0.25) is 0 Å². The van der Waals surface area contributed by atoms with Crippen LogP contribution in [0.4, 0.5) is 0 Å². The monoisotopic (exact) mass is 337 g/mol. The lowest BCUT2D eigenvalue weighted by Gasteiger charge is -2.22. The minimum Gasteiger partial charge on any atom is -0.505 e. The number of hydrogen-bond donors (Lipinski definition) is 1. The van der Waals surface area contributed by atoms with E-state index in [0.29, 0.717) is 11.1 Å². The number of benzene rings is 1. The summed E-state index contributed by atoms with van der Waals surface area (Å²) in [6.07, 6.45) is 3.89. The Hall–Kier alpha value is -1.22. The molecule has 1 aromatic heterocycles. The van der Waals surface area contributed by atoms with Crippen molar-refractivity contribution >= 4 is 15.9 Å². The van der Waals surface area contributed by atoms with Crippen molar-refractivity contribution < 1.29 is 5.11 Å². The molecule has 0 amide bonds. The van der Waals surface area contributed by atoms with E-state index in [-0.39, 0.29) is 5.41 Å². The van der Waals surface area contributed by atoms with E-state index in [0.717, 1.165) is 11.3 Å². The number of aromatic nitrogens is 1. The standard InChI is InChI=1S/C15H18BrNO.C2H6/c1-15(2,3)12-8-11(10-16)14(18)13(9-12)17-6-4-5-7-17;1-2/h4-9,18H,10H2,1-3H3;1-2H3. The maximum atomic E-state index is 10.3. The predicted octanol–water partition coefficient (Wildman–Crippen LogP) is 5.40. The highest BCUT2D eigenvalue weighted by Gasteiger charge is 2.18. The lowest BCUT2D eigenvalue weighted by molar-refractivity contribution is 0.466. The number of alkyl halides is 1. The molecular formula is C17H24BrNO. The molecule has 0 aliphatic heterocycles. The van der Waals surface area contributed by atoms with Crippen molar-refractivity contribution in [2.45, 2.75) is 45.4 Å². The highest BCUT2D eigenvalue weighted by Crippen LogP contribution is 2.34.